The average Bonchev–Trinajstić information content (AvgIpc) is 3.62. The lowest BCUT2D eigenvalue weighted by atomic mass is 9.63. The number of carbonyl (C=O) groups is 3. The van der Waals surface area contributed by atoms with Crippen LogP contribution in [0.25, 0.3) is 0 Å². The number of methoxy groups -OCH3 is 1. The van der Waals surface area contributed by atoms with E-state index in [4.69, 9.17) is 9.47 Å². The number of likely N-dealkylation sites (tertiary alicyclic amines) is 1. The molecule has 168 valence electrons. The van der Waals surface area contributed by atoms with Gasteiger partial charge >= 0.3 is 0 Å². The number of nitrogens with one attached hydrogen (secondary N) is 1. The Hall–Kier alpha value is -3.61. The lowest BCUT2D eigenvalue weighted by Crippen LogP contribution is -2.40. The highest BCUT2D eigenvalue weighted by Crippen LogP contribution is 2.65. The van der Waals surface area contributed by atoms with Crippen LogP contribution in [0.1, 0.15) is 6.42 Å². The van der Waals surface area contributed by atoms with Crippen LogP contribution >= 0.6 is 0 Å². The maximum absolute atomic E-state index is 13.0. The van der Waals surface area contributed by atoms with Gasteiger partial charge in [0.2, 0.25) is 17.7 Å². The van der Waals surface area contributed by atoms with E-state index in [1.54, 1.807) is 43.5 Å². The maximum Gasteiger partial charge on any atom is 0.244 e. The number of anilines is 1. The van der Waals surface area contributed by atoms with Crippen LogP contribution in [0.4, 0.5) is 5.69 Å². The highest BCUT2D eigenvalue weighted by atomic mass is 16.5. The normalized spacial score (nSPS) is 30.6. The van der Waals surface area contributed by atoms with Gasteiger partial charge in [0.25, 0.3) is 0 Å². The molecule has 33 heavy (non-hydrogen) atoms. The Morgan fingerprint density at radius 3 is 1.94 bits per heavy atom. The summed E-state index contributed by atoms with van der Waals surface area (Å²) in [6.45, 7) is -0.246. The van der Waals surface area contributed by atoms with Crippen molar-refractivity contribution in [3.8, 4) is 17.2 Å². The van der Waals surface area contributed by atoms with Crippen LogP contribution < -0.4 is 14.8 Å². The fraction of sp³-hybridized carbons (Fsp3) is 0.346. The molecule has 5 aliphatic rings. The zero-order chi connectivity index (χ0) is 22.7. The van der Waals surface area contributed by atoms with Crippen molar-refractivity contribution in [2.45, 2.75) is 6.42 Å². The minimum absolute atomic E-state index is 0.160. The molecule has 0 radical (unpaired) electrons. The molecule has 2 saturated carbocycles. The molecule has 1 N–H and O–H groups in total. The molecule has 1 heterocycles. The molecule has 0 unspecified atom stereocenters. The monoisotopic (exact) mass is 444 g/mol. The molecular weight excluding hydrogens is 420 g/mol. The molecule has 0 spiro atoms. The zero-order valence-corrected chi connectivity index (χ0v) is 18.1. The lowest BCUT2D eigenvalue weighted by Gasteiger charge is -2.37. The van der Waals surface area contributed by atoms with Crippen molar-refractivity contribution in [1.82, 2.24) is 4.90 Å². The first kappa shape index (κ1) is 20.0. The van der Waals surface area contributed by atoms with E-state index in [1.807, 2.05) is 12.1 Å². The number of ether oxygens (including phenoxy) is 2. The number of carbonyl (C=O) groups excluding carboxylic acids is 3. The van der Waals surface area contributed by atoms with Crippen molar-refractivity contribution < 1.29 is 23.9 Å². The SMILES string of the molecule is COc1ccc(Oc2ccc(NC(=O)CN3C(=O)[C@@H]4[C@H]5C=C[C@@H]([C@@H]6C[C@H]56)[C@@H]4C3=O)cc2)cc1. The highest BCUT2D eigenvalue weighted by molar-refractivity contribution is 6.09. The van der Waals surface area contributed by atoms with Crippen LogP contribution in [0.3, 0.4) is 0 Å². The molecule has 3 amide bonds. The van der Waals surface area contributed by atoms with E-state index < -0.39 is 0 Å². The first-order valence-electron chi connectivity index (χ1n) is 11.3. The standard InChI is InChI=1S/C26H24N2O5/c1-32-15-6-8-17(9-7-15)33-16-4-2-14(3-5-16)27-22(29)13-28-25(30)23-18-10-11-19(21-12-20(18)21)24(23)26(28)31/h2-11,18-21,23-24H,12-13H2,1H3,(H,27,29)/t18-,19-,20-,21+,23-,24+/m0/s1. The third-order valence-electron chi connectivity index (χ3n) is 7.49. The van der Waals surface area contributed by atoms with E-state index in [0.29, 0.717) is 29.0 Å². The summed E-state index contributed by atoms with van der Waals surface area (Å²) in [5.74, 6) is 2.13. The third kappa shape index (κ3) is 3.30. The van der Waals surface area contributed by atoms with Crippen molar-refractivity contribution in [3.63, 3.8) is 0 Å². The number of hydrogen-bond donors (Lipinski definition) is 1. The second kappa shape index (κ2) is 7.47. The van der Waals surface area contributed by atoms with Gasteiger partial charge in [-0.2, -0.15) is 0 Å². The minimum atomic E-state index is -0.385. The molecule has 7 rings (SSSR count). The molecule has 7 nitrogen and oxygen atoms in total. The van der Waals surface area contributed by atoms with Crippen LogP contribution in [-0.4, -0.2) is 36.3 Å². The molecule has 0 aromatic heterocycles. The van der Waals surface area contributed by atoms with E-state index in [1.165, 1.54) is 4.90 Å². The van der Waals surface area contributed by atoms with Gasteiger partial charge in [0.15, 0.2) is 0 Å². The molecule has 2 aromatic carbocycles. The largest absolute Gasteiger partial charge is 0.497 e. The first-order valence-corrected chi connectivity index (χ1v) is 11.3. The molecule has 7 heteroatoms. The second-order valence-electron chi connectivity index (χ2n) is 9.27. The predicted octanol–water partition coefficient (Wildman–Crippen LogP) is 3.48. The molecule has 2 aromatic rings. The maximum atomic E-state index is 13.0. The van der Waals surface area contributed by atoms with E-state index >= 15 is 0 Å². The van der Waals surface area contributed by atoms with Crippen molar-refractivity contribution in [2.24, 2.45) is 35.5 Å². The number of nitrogens with zero attached hydrogens (tertiary/aromatic N) is 1. The number of allylic oxidation sites excluding steroid dienone is 2. The van der Waals surface area contributed by atoms with Gasteiger partial charge in [-0.05, 0) is 78.6 Å². The number of hydrogen-bond acceptors (Lipinski definition) is 5. The third-order valence-corrected chi connectivity index (χ3v) is 7.49. The number of benzene rings is 2. The fourth-order valence-corrected chi connectivity index (χ4v) is 5.90. The molecule has 4 aliphatic carbocycles. The predicted molar refractivity (Wildman–Crippen MR) is 120 cm³/mol. The quantitative estimate of drug-likeness (QED) is 0.545. The van der Waals surface area contributed by atoms with Gasteiger partial charge in [-0.25, -0.2) is 0 Å². The van der Waals surface area contributed by atoms with Crippen molar-refractivity contribution in [3.05, 3.63) is 60.7 Å². The summed E-state index contributed by atoms with van der Waals surface area (Å²) in [6.07, 6.45) is 5.38. The molecule has 1 aliphatic heterocycles. The fourth-order valence-electron chi connectivity index (χ4n) is 5.90. The Morgan fingerprint density at radius 2 is 1.39 bits per heavy atom. The van der Waals surface area contributed by atoms with E-state index in [0.717, 1.165) is 12.2 Å². The van der Waals surface area contributed by atoms with Gasteiger partial charge in [0, 0.05) is 5.69 Å². The first-order chi connectivity index (χ1) is 16.0. The molecule has 6 atom stereocenters. The number of amides is 3. The summed E-state index contributed by atoms with van der Waals surface area (Å²) in [4.78, 5) is 39.8. The van der Waals surface area contributed by atoms with Gasteiger partial charge in [-0.1, -0.05) is 12.2 Å². The Balaban J connectivity index is 1.08. The van der Waals surface area contributed by atoms with Gasteiger partial charge < -0.3 is 14.8 Å². The Bertz CT molecular complexity index is 1120. The summed E-state index contributed by atoms with van der Waals surface area (Å²) in [6, 6.07) is 14.2. The average molecular weight is 444 g/mol. The smallest absolute Gasteiger partial charge is 0.244 e. The summed E-state index contributed by atoms with van der Waals surface area (Å²) in [7, 11) is 1.61. The highest BCUT2D eigenvalue weighted by Gasteiger charge is 2.67. The molecule has 2 bridgehead atoms. The van der Waals surface area contributed by atoms with Crippen LogP contribution in [-0.2, 0) is 14.4 Å². The summed E-state index contributed by atoms with van der Waals surface area (Å²) in [5.41, 5.74) is 0.571. The second-order valence-corrected chi connectivity index (χ2v) is 9.27. The van der Waals surface area contributed by atoms with E-state index in [-0.39, 0.29) is 47.9 Å². The summed E-state index contributed by atoms with van der Waals surface area (Å²) >= 11 is 0. The van der Waals surface area contributed by atoms with Gasteiger partial charge in [0.1, 0.15) is 23.8 Å². The molecule has 1 saturated heterocycles. The number of rotatable bonds is 6. The molecule has 3 fully saturated rings. The van der Waals surface area contributed by atoms with E-state index in [2.05, 4.69) is 17.5 Å². The van der Waals surface area contributed by atoms with Crippen LogP contribution in [0.2, 0.25) is 0 Å². The minimum Gasteiger partial charge on any atom is -0.497 e. The summed E-state index contributed by atoms with van der Waals surface area (Å²) in [5, 5.41) is 2.78. The van der Waals surface area contributed by atoms with Crippen molar-refractivity contribution in [2.75, 3.05) is 19.0 Å². The van der Waals surface area contributed by atoms with E-state index in [9.17, 15) is 14.4 Å². The van der Waals surface area contributed by atoms with Gasteiger partial charge in [-0.3, -0.25) is 19.3 Å². The Labute approximate surface area is 191 Å². The van der Waals surface area contributed by atoms with Crippen LogP contribution in [0, 0.1) is 35.5 Å². The molecular formula is C26H24N2O5. The van der Waals surface area contributed by atoms with Crippen molar-refractivity contribution >= 4 is 23.4 Å². The lowest BCUT2D eigenvalue weighted by molar-refractivity contribution is -0.142. The Kier molecular flexibility index (Phi) is 4.54. The Morgan fingerprint density at radius 1 is 0.879 bits per heavy atom. The van der Waals surface area contributed by atoms with Crippen LogP contribution in [0.5, 0.6) is 17.2 Å². The van der Waals surface area contributed by atoms with Gasteiger partial charge in [0.05, 0.1) is 18.9 Å². The van der Waals surface area contributed by atoms with Crippen molar-refractivity contribution in [1.29, 1.82) is 0 Å². The topological polar surface area (TPSA) is 84.9 Å². The van der Waals surface area contributed by atoms with Gasteiger partial charge in [-0.15, -0.1) is 0 Å². The number of imide groups is 1. The zero-order valence-electron chi connectivity index (χ0n) is 18.1. The van der Waals surface area contributed by atoms with Crippen LogP contribution in [0.15, 0.2) is 60.7 Å². The summed E-state index contributed by atoms with van der Waals surface area (Å²) < 4.78 is 10.9.